The Morgan fingerprint density at radius 3 is 2.48 bits per heavy atom. The Hall–Kier alpha value is -2.71. The van der Waals surface area contributed by atoms with E-state index < -0.39 is 11.7 Å². The number of nitrogens with zero attached hydrogens (tertiary/aromatic N) is 1. The Morgan fingerprint density at radius 2 is 1.88 bits per heavy atom. The number of guanidine groups is 1. The fourth-order valence-corrected chi connectivity index (χ4v) is 1.71. The van der Waals surface area contributed by atoms with E-state index in [1.54, 1.807) is 46.2 Å². The van der Waals surface area contributed by atoms with Crippen LogP contribution in [-0.4, -0.2) is 50.2 Å². The van der Waals surface area contributed by atoms with E-state index in [0.29, 0.717) is 31.4 Å². The SMILES string of the molecule is CN=C(NCCNC(=O)OC(C)(C)C)NCC(=O)NCc1ccco1. The van der Waals surface area contributed by atoms with Gasteiger partial charge in [-0.25, -0.2) is 4.79 Å². The largest absolute Gasteiger partial charge is 0.467 e. The second-order valence-corrected chi connectivity index (χ2v) is 6.14. The van der Waals surface area contributed by atoms with E-state index in [1.165, 1.54) is 0 Å². The first-order valence-corrected chi connectivity index (χ1v) is 8.00. The summed E-state index contributed by atoms with van der Waals surface area (Å²) in [4.78, 5) is 27.2. The minimum atomic E-state index is -0.530. The van der Waals surface area contributed by atoms with Gasteiger partial charge >= 0.3 is 6.09 Å². The Morgan fingerprint density at radius 1 is 1.16 bits per heavy atom. The van der Waals surface area contributed by atoms with E-state index >= 15 is 0 Å². The molecule has 140 valence electrons. The van der Waals surface area contributed by atoms with Crippen molar-refractivity contribution in [2.75, 3.05) is 26.7 Å². The van der Waals surface area contributed by atoms with Crippen LogP contribution in [0.2, 0.25) is 0 Å². The molecule has 0 aliphatic carbocycles. The molecule has 0 radical (unpaired) electrons. The number of ether oxygens (including phenoxy) is 1. The number of carbonyl (C=O) groups is 2. The van der Waals surface area contributed by atoms with Crippen LogP contribution >= 0.6 is 0 Å². The zero-order chi connectivity index (χ0) is 18.7. The zero-order valence-corrected chi connectivity index (χ0v) is 15.1. The molecule has 0 bridgehead atoms. The number of hydrogen-bond donors (Lipinski definition) is 4. The van der Waals surface area contributed by atoms with E-state index in [2.05, 4.69) is 26.3 Å². The number of aliphatic imine (C=N–C) groups is 1. The smallest absolute Gasteiger partial charge is 0.407 e. The maximum atomic E-state index is 11.7. The third kappa shape index (κ3) is 9.90. The average Bonchev–Trinajstić information content (AvgIpc) is 3.04. The molecule has 0 atom stereocenters. The molecule has 0 saturated carbocycles. The van der Waals surface area contributed by atoms with Gasteiger partial charge in [-0.05, 0) is 32.9 Å². The fraction of sp³-hybridized carbons (Fsp3) is 0.562. The highest BCUT2D eigenvalue weighted by Crippen LogP contribution is 2.05. The molecule has 0 spiro atoms. The average molecular weight is 353 g/mol. The molecule has 0 aliphatic heterocycles. The Labute approximate surface area is 147 Å². The zero-order valence-electron chi connectivity index (χ0n) is 15.1. The van der Waals surface area contributed by atoms with Gasteiger partial charge < -0.3 is 30.4 Å². The fourth-order valence-electron chi connectivity index (χ4n) is 1.71. The lowest BCUT2D eigenvalue weighted by Crippen LogP contribution is -2.45. The van der Waals surface area contributed by atoms with E-state index in [4.69, 9.17) is 9.15 Å². The van der Waals surface area contributed by atoms with Crippen LogP contribution in [0.1, 0.15) is 26.5 Å². The Kier molecular flexibility index (Phi) is 8.31. The van der Waals surface area contributed by atoms with Crippen molar-refractivity contribution in [1.29, 1.82) is 0 Å². The summed E-state index contributed by atoms with van der Waals surface area (Å²) in [5.41, 5.74) is -0.530. The van der Waals surface area contributed by atoms with E-state index in [9.17, 15) is 9.59 Å². The number of rotatable bonds is 7. The van der Waals surface area contributed by atoms with Crippen LogP contribution in [-0.2, 0) is 16.1 Å². The minimum Gasteiger partial charge on any atom is -0.467 e. The van der Waals surface area contributed by atoms with Crippen molar-refractivity contribution in [1.82, 2.24) is 21.3 Å². The van der Waals surface area contributed by atoms with Gasteiger partial charge in [0.05, 0.1) is 19.4 Å². The summed E-state index contributed by atoms with van der Waals surface area (Å²) in [5.74, 6) is 0.953. The summed E-state index contributed by atoms with van der Waals surface area (Å²) in [6.45, 7) is 6.60. The van der Waals surface area contributed by atoms with Gasteiger partial charge in [0.1, 0.15) is 11.4 Å². The van der Waals surface area contributed by atoms with Crippen molar-refractivity contribution >= 4 is 18.0 Å². The molecule has 0 aromatic carbocycles. The highest BCUT2D eigenvalue weighted by molar-refractivity contribution is 5.86. The van der Waals surface area contributed by atoms with Gasteiger partial charge in [0.25, 0.3) is 0 Å². The molecule has 0 aliphatic rings. The van der Waals surface area contributed by atoms with Gasteiger partial charge in [-0.1, -0.05) is 0 Å². The molecule has 4 N–H and O–H groups in total. The molecule has 1 aromatic heterocycles. The third-order valence-electron chi connectivity index (χ3n) is 2.77. The Balaban J connectivity index is 2.15. The summed E-state index contributed by atoms with van der Waals surface area (Å²) in [6, 6.07) is 3.54. The summed E-state index contributed by atoms with van der Waals surface area (Å²) in [5, 5.41) is 11.2. The van der Waals surface area contributed by atoms with Crippen LogP contribution in [0.3, 0.4) is 0 Å². The summed E-state index contributed by atoms with van der Waals surface area (Å²) in [7, 11) is 1.59. The normalized spacial score (nSPS) is 11.6. The van der Waals surface area contributed by atoms with Crippen LogP contribution in [0.4, 0.5) is 4.79 Å². The molecule has 9 heteroatoms. The minimum absolute atomic E-state index is 0.0693. The first-order chi connectivity index (χ1) is 11.8. The highest BCUT2D eigenvalue weighted by Gasteiger charge is 2.15. The van der Waals surface area contributed by atoms with Crippen molar-refractivity contribution in [3.8, 4) is 0 Å². The highest BCUT2D eigenvalue weighted by atomic mass is 16.6. The molecule has 0 fully saturated rings. The molecule has 9 nitrogen and oxygen atoms in total. The number of furan rings is 1. The van der Waals surface area contributed by atoms with Crippen molar-refractivity contribution in [2.45, 2.75) is 32.9 Å². The van der Waals surface area contributed by atoms with Gasteiger partial charge in [0, 0.05) is 20.1 Å². The molecule has 1 heterocycles. The lowest BCUT2D eigenvalue weighted by molar-refractivity contribution is -0.120. The number of hydrogen-bond acceptors (Lipinski definition) is 5. The maximum absolute atomic E-state index is 11.7. The first kappa shape index (κ1) is 20.3. The van der Waals surface area contributed by atoms with Crippen LogP contribution in [0, 0.1) is 0 Å². The van der Waals surface area contributed by atoms with Gasteiger partial charge in [-0.3, -0.25) is 9.79 Å². The van der Waals surface area contributed by atoms with Crippen LogP contribution < -0.4 is 21.3 Å². The van der Waals surface area contributed by atoms with Crippen LogP contribution in [0.25, 0.3) is 0 Å². The summed E-state index contributed by atoms with van der Waals surface area (Å²) in [6.07, 6.45) is 1.08. The van der Waals surface area contributed by atoms with Crippen LogP contribution in [0.15, 0.2) is 27.8 Å². The molecule has 0 unspecified atom stereocenters. The van der Waals surface area contributed by atoms with Crippen molar-refractivity contribution in [2.24, 2.45) is 4.99 Å². The molecule has 25 heavy (non-hydrogen) atoms. The van der Waals surface area contributed by atoms with E-state index in [0.717, 1.165) is 0 Å². The van der Waals surface area contributed by atoms with Crippen molar-refractivity contribution < 1.29 is 18.7 Å². The molecular weight excluding hydrogens is 326 g/mol. The number of alkyl carbamates (subject to hydrolysis) is 1. The van der Waals surface area contributed by atoms with Crippen molar-refractivity contribution in [3.63, 3.8) is 0 Å². The second kappa shape index (κ2) is 10.2. The predicted octanol–water partition coefficient (Wildman–Crippen LogP) is 0.586. The van der Waals surface area contributed by atoms with Gasteiger partial charge in [-0.2, -0.15) is 0 Å². The maximum Gasteiger partial charge on any atom is 0.407 e. The summed E-state index contributed by atoms with van der Waals surface area (Å²) >= 11 is 0. The molecule has 1 aromatic rings. The Bertz CT molecular complexity index is 564. The molecule has 1 rings (SSSR count). The van der Waals surface area contributed by atoms with Crippen LogP contribution in [0.5, 0.6) is 0 Å². The predicted molar refractivity (Wildman–Crippen MR) is 94.2 cm³/mol. The van der Waals surface area contributed by atoms with Gasteiger partial charge in [0.2, 0.25) is 5.91 Å². The molecular formula is C16H27N5O4. The lowest BCUT2D eigenvalue weighted by Gasteiger charge is -2.19. The number of carbonyl (C=O) groups excluding carboxylic acids is 2. The number of amides is 2. The van der Waals surface area contributed by atoms with E-state index in [-0.39, 0.29) is 12.5 Å². The van der Waals surface area contributed by atoms with Crippen molar-refractivity contribution in [3.05, 3.63) is 24.2 Å². The second-order valence-electron chi connectivity index (χ2n) is 6.14. The topological polar surface area (TPSA) is 117 Å². The van der Waals surface area contributed by atoms with Gasteiger partial charge in [-0.15, -0.1) is 0 Å². The molecule has 0 saturated heterocycles. The third-order valence-corrected chi connectivity index (χ3v) is 2.77. The monoisotopic (exact) mass is 353 g/mol. The van der Waals surface area contributed by atoms with E-state index in [1.807, 2.05) is 0 Å². The number of nitrogens with one attached hydrogen (secondary N) is 4. The summed E-state index contributed by atoms with van der Waals surface area (Å²) < 4.78 is 10.3. The van der Waals surface area contributed by atoms with Gasteiger partial charge in [0.15, 0.2) is 5.96 Å². The first-order valence-electron chi connectivity index (χ1n) is 8.00. The lowest BCUT2D eigenvalue weighted by atomic mass is 10.2. The quantitative estimate of drug-likeness (QED) is 0.324. The standard InChI is InChI=1S/C16H27N5O4/c1-16(2,3)25-15(23)19-8-7-18-14(17-4)21-11-13(22)20-10-12-6-5-9-24-12/h5-6,9H,7-8,10-11H2,1-4H3,(H,19,23)(H,20,22)(H2,17,18,21). The molecule has 2 amide bonds.